The molecule has 0 unspecified atom stereocenters. The zero-order valence-corrected chi connectivity index (χ0v) is 12.6. The first-order valence-electron chi connectivity index (χ1n) is 7.15. The van der Waals surface area contributed by atoms with Gasteiger partial charge in [-0.15, -0.1) is 0 Å². The number of urea groups is 1. The van der Waals surface area contributed by atoms with Gasteiger partial charge in [0.25, 0.3) is 0 Å². The smallest absolute Gasteiger partial charge is 0.319 e. The molecule has 0 fully saturated rings. The Bertz CT molecular complexity index is 808. The second-order valence-electron chi connectivity index (χ2n) is 5.21. The molecule has 2 N–H and O–H groups in total. The van der Waals surface area contributed by atoms with Crippen molar-refractivity contribution in [1.29, 1.82) is 0 Å². The highest BCUT2D eigenvalue weighted by atomic mass is 16.2. The number of carbonyl (C=O) groups excluding carboxylic acids is 1. The number of amides is 2. The number of carbonyl (C=O) groups is 1. The Morgan fingerprint density at radius 1 is 1.18 bits per heavy atom. The van der Waals surface area contributed by atoms with Crippen LogP contribution in [0.1, 0.15) is 11.4 Å². The van der Waals surface area contributed by atoms with Crippen molar-refractivity contribution < 1.29 is 4.79 Å². The van der Waals surface area contributed by atoms with Crippen molar-refractivity contribution >= 4 is 22.8 Å². The summed E-state index contributed by atoms with van der Waals surface area (Å²) in [5.74, 6) is 0.974. The van der Waals surface area contributed by atoms with E-state index in [9.17, 15) is 4.79 Å². The van der Waals surface area contributed by atoms with Crippen molar-refractivity contribution in [3.8, 4) is 0 Å². The summed E-state index contributed by atoms with van der Waals surface area (Å²) < 4.78 is 2.05. The Morgan fingerprint density at radius 3 is 2.73 bits per heavy atom. The van der Waals surface area contributed by atoms with Crippen LogP contribution in [0, 0.1) is 6.92 Å². The molecule has 0 aliphatic carbocycles. The summed E-state index contributed by atoms with van der Waals surface area (Å²) in [6.07, 6.45) is 0. The van der Waals surface area contributed by atoms with E-state index in [-0.39, 0.29) is 6.03 Å². The second-order valence-corrected chi connectivity index (χ2v) is 5.21. The van der Waals surface area contributed by atoms with Crippen molar-refractivity contribution in [2.24, 2.45) is 7.05 Å². The molecule has 5 nitrogen and oxygen atoms in total. The van der Waals surface area contributed by atoms with Crippen LogP contribution in [-0.2, 0) is 13.6 Å². The van der Waals surface area contributed by atoms with Gasteiger partial charge in [0.1, 0.15) is 5.82 Å². The molecule has 0 radical (unpaired) electrons. The average molecular weight is 294 g/mol. The molecule has 2 amide bonds. The Kier molecular flexibility index (Phi) is 3.78. The lowest BCUT2D eigenvalue weighted by molar-refractivity contribution is 0.251. The molecule has 1 aromatic heterocycles. The molecule has 1 heterocycles. The molecule has 3 aromatic rings. The van der Waals surface area contributed by atoms with E-state index in [1.165, 1.54) is 0 Å². The zero-order chi connectivity index (χ0) is 15.5. The van der Waals surface area contributed by atoms with Crippen molar-refractivity contribution in [3.05, 3.63) is 59.9 Å². The molecule has 22 heavy (non-hydrogen) atoms. The highest BCUT2D eigenvalue weighted by molar-refractivity contribution is 5.89. The van der Waals surface area contributed by atoms with E-state index in [4.69, 9.17) is 0 Å². The van der Waals surface area contributed by atoms with Crippen molar-refractivity contribution in [2.75, 3.05) is 5.32 Å². The number of aromatic nitrogens is 2. The molecule has 5 heteroatoms. The number of imidazole rings is 1. The highest BCUT2D eigenvalue weighted by Crippen LogP contribution is 2.16. The van der Waals surface area contributed by atoms with Gasteiger partial charge in [-0.1, -0.05) is 24.3 Å². The standard InChI is InChI=1S/C17H18N4O/c1-12-19-15-10-13(8-9-16(15)21(12)2)11-18-17(22)20-14-6-4-3-5-7-14/h3-10H,11H2,1-2H3,(H2,18,20,22). The van der Waals surface area contributed by atoms with E-state index < -0.39 is 0 Å². The van der Waals surface area contributed by atoms with E-state index >= 15 is 0 Å². The normalized spacial score (nSPS) is 10.6. The van der Waals surface area contributed by atoms with E-state index in [2.05, 4.69) is 20.2 Å². The third-order valence-corrected chi connectivity index (χ3v) is 3.65. The molecule has 112 valence electrons. The lowest BCUT2D eigenvalue weighted by Crippen LogP contribution is -2.28. The van der Waals surface area contributed by atoms with Gasteiger partial charge in [-0.3, -0.25) is 0 Å². The summed E-state index contributed by atoms with van der Waals surface area (Å²) >= 11 is 0. The summed E-state index contributed by atoms with van der Waals surface area (Å²) in [6.45, 7) is 2.44. The van der Waals surface area contributed by atoms with Crippen LogP contribution in [0.4, 0.5) is 10.5 Å². The molecule has 0 spiro atoms. The molecular weight excluding hydrogens is 276 g/mol. The largest absolute Gasteiger partial charge is 0.334 e. The zero-order valence-electron chi connectivity index (χ0n) is 12.6. The third-order valence-electron chi connectivity index (χ3n) is 3.65. The summed E-state index contributed by atoms with van der Waals surface area (Å²) in [5.41, 5.74) is 3.84. The van der Waals surface area contributed by atoms with Crippen LogP contribution in [0.5, 0.6) is 0 Å². The predicted octanol–water partition coefficient (Wildman–Crippen LogP) is 3.20. The van der Waals surface area contributed by atoms with Gasteiger partial charge in [-0.2, -0.15) is 0 Å². The van der Waals surface area contributed by atoms with Crippen molar-refractivity contribution in [2.45, 2.75) is 13.5 Å². The number of anilines is 1. The maximum Gasteiger partial charge on any atom is 0.319 e. The van der Waals surface area contributed by atoms with Gasteiger partial charge in [-0.05, 0) is 36.8 Å². The number of nitrogens with one attached hydrogen (secondary N) is 2. The van der Waals surface area contributed by atoms with E-state index in [1.807, 2.05) is 62.5 Å². The molecule has 0 atom stereocenters. The molecule has 2 aromatic carbocycles. The molecular formula is C17H18N4O. The average Bonchev–Trinajstić information content (AvgIpc) is 2.81. The van der Waals surface area contributed by atoms with Crippen LogP contribution in [0.3, 0.4) is 0 Å². The maximum atomic E-state index is 11.9. The molecule has 0 saturated carbocycles. The lowest BCUT2D eigenvalue weighted by Gasteiger charge is -2.07. The summed E-state index contributed by atoms with van der Waals surface area (Å²) in [7, 11) is 2.00. The van der Waals surface area contributed by atoms with Gasteiger partial charge in [0.2, 0.25) is 0 Å². The maximum absolute atomic E-state index is 11.9. The summed E-state index contributed by atoms with van der Waals surface area (Å²) in [4.78, 5) is 16.4. The number of nitrogens with zero attached hydrogens (tertiary/aromatic N) is 2. The van der Waals surface area contributed by atoms with Crippen LogP contribution >= 0.6 is 0 Å². The SMILES string of the molecule is Cc1nc2cc(CNC(=O)Nc3ccccc3)ccc2n1C. The second kappa shape index (κ2) is 5.89. The first kappa shape index (κ1) is 14.1. The molecule has 0 saturated heterocycles. The highest BCUT2D eigenvalue weighted by Gasteiger charge is 2.06. The first-order chi connectivity index (χ1) is 10.6. The van der Waals surface area contributed by atoms with Crippen molar-refractivity contribution in [1.82, 2.24) is 14.9 Å². The van der Waals surface area contributed by atoms with Crippen LogP contribution in [0.2, 0.25) is 0 Å². The Hall–Kier alpha value is -2.82. The summed E-state index contributed by atoms with van der Waals surface area (Å²) in [6, 6.07) is 15.2. The van der Waals surface area contributed by atoms with Gasteiger partial charge in [0.15, 0.2) is 0 Å². The van der Waals surface area contributed by atoms with Crippen LogP contribution < -0.4 is 10.6 Å². The Balaban J connectivity index is 1.65. The minimum absolute atomic E-state index is 0.219. The minimum atomic E-state index is -0.219. The van der Waals surface area contributed by atoms with Gasteiger partial charge in [-0.25, -0.2) is 9.78 Å². The minimum Gasteiger partial charge on any atom is -0.334 e. The van der Waals surface area contributed by atoms with Crippen LogP contribution in [0.15, 0.2) is 48.5 Å². The molecule has 0 bridgehead atoms. The van der Waals surface area contributed by atoms with Gasteiger partial charge >= 0.3 is 6.03 Å². The van der Waals surface area contributed by atoms with Gasteiger partial charge in [0.05, 0.1) is 11.0 Å². The first-order valence-corrected chi connectivity index (χ1v) is 7.15. The topological polar surface area (TPSA) is 59.0 Å². The van der Waals surface area contributed by atoms with Crippen LogP contribution in [-0.4, -0.2) is 15.6 Å². The quantitative estimate of drug-likeness (QED) is 0.779. The van der Waals surface area contributed by atoms with Crippen LogP contribution in [0.25, 0.3) is 11.0 Å². The molecule has 0 aliphatic heterocycles. The number of para-hydroxylation sites is 1. The molecule has 3 rings (SSSR count). The third kappa shape index (κ3) is 2.93. The number of hydrogen-bond donors (Lipinski definition) is 2. The number of hydrogen-bond acceptors (Lipinski definition) is 2. The number of aryl methyl sites for hydroxylation is 2. The lowest BCUT2D eigenvalue weighted by atomic mass is 10.2. The molecule has 0 aliphatic rings. The Labute approximate surface area is 129 Å². The Morgan fingerprint density at radius 2 is 1.95 bits per heavy atom. The fourth-order valence-electron chi connectivity index (χ4n) is 2.35. The van der Waals surface area contributed by atoms with E-state index in [1.54, 1.807) is 0 Å². The van der Waals surface area contributed by atoms with E-state index in [0.717, 1.165) is 28.1 Å². The number of fused-ring (bicyclic) bond motifs is 1. The summed E-state index contributed by atoms with van der Waals surface area (Å²) in [5, 5.41) is 5.64. The van der Waals surface area contributed by atoms with Crippen molar-refractivity contribution in [3.63, 3.8) is 0 Å². The van der Waals surface area contributed by atoms with E-state index in [0.29, 0.717) is 6.54 Å². The monoisotopic (exact) mass is 294 g/mol. The predicted molar refractivity (Wildman–Crippen MR) is 87.8 cm³/mol. The number of benzene rings is 2. The fraction of sp³-hybridized carbons (Fsp3) is 0.176. The van der Waals surface area contributed by atoms with Gasteiger partial charge < -0.3 is 15.2 Å². The van der Waals surface area contributed by atoms with Gasteiger partial charge in [0, 0.05) is 19.3 Å². The number of rotatable bonds is 3. The fourth-order valence-corrected chi connectivity index (χ4v) is 2.35.